The molecule has 0 fully saturated rings. The maximum atomic E-state index is 11.0. The molecule has 6 heteroatoms. The molecule has 0 bridgehead atoms. The average Bonchev–Trinajstić information content (AvgIpc) is 2.78. The van der Waals surface area contributed by atoms with Gasteiger partial charge in [-0.1, -0.05) is 17.7 Å². The fourth-order valence-corrected chi connectivity index (χ4v) is 2.16. The SMILES string of the molecule is Cn1c(C(=O)O)cn2c3cccc(Cl)c3nc12. The Bertz CT molecular complexity index is 757. The van der Waals surface area contributed by atoms with Crippen LogP contribution in [0.2, 0.25) is 5.02 Å². The standard InChI is InChI=1S/C11H8ClN3O2/c1-14-8(10(16)17)5-15-7-4-2-3-6(12)9(7)13-11(14)15/h2-5H,1H3,(H,16,17). The lowest BCUT2D eigenvalue weighted by Gasteiger charge is -1.94. The van der Waals surface area contributed by atoms with Crippen molar-refractivity contribution in [3.63, 3.8) is 0 Å². The van der Waals surface area contributed by atoms with Crippen molar-refractivity contribution in [3.05, 3.63) is 35.1 Å². The smallest absolute Gasteiger partial charge is 0.354 e. The highest BCUT2D eigenvalue weighted by molar-refractivity contribution is 6.35. The number of rotatable bonds is 1. The van der Waals surface area contributed by atoms with Gasteiger partial charge < -0.3 is 9.67 Å². The molecule has 0 spiro atoms. The molecule has 0 aliphatic rings. The van der Waals surface area contributed by atoms with Crippen molar-refractivity contribution in [2.24, 2.45) is 7.05 Å². The molecule has 2 aromatic heterocycles. The van der Waals surface area contributed by atoms with Crippen LogP contribution in [0.5, 0.6) is 0 Å². The minimum Gasteiger partial charge on any atom is -0.477 e. The van der Waals surface area contributed by atoms with E-state index in [4.69, 9.17) is 16.7 Å². The van der Waals surface area contributed by atoms with Crippen LogP contribution in [0.3, 0.4) is 0 Å². The Morgan fingerprint density at radius 2 is 2.24 bits per heavy atom. The van der Waals surface area contributed by atoms with Crippen LogP contribution < -0.4 is 0 Å². The van der Waals surface area contributed by atoms with Gasteiger partial charge in [0.2, 0.25) is 5.78 Å². The van der Waals surface area contributed by atoms with E-state index in [9.17, 15) is 4.79 Å². The van der Waals surface area contributed by atoms with Gasteiger partial charge in [-0.3, -0.25) is 4.40 Å². The summed E-state index contributed by atoms with van der Waals surface area (Å²) in [5.41, 5.74) is 1.67. The Hall–Kier alpha value is -2.01. The number of nitrogens with zero attached hydrogens (tertiary/aromatic N) is 3. The molecule has 0 aliphatic carbocycles. The van der Waals surface area contributed by atoms with Crippen molar-refractivity contribution in [1.82, 2.24) is 14.0 Å². The minimum absolute atomic E-state index is 0.189. The zero-order chi connectivity index (χ0) is 12.2. The van der Waals surface area contributed by atoms with Crippen molar-refractivity contribution in [1.29, 1.82) is 0 Å². The minimum atomic E-state index is -0.979. The highest BCUT2D eigenvalue weighted by Gasteiger charge is 2.16. The van der Waals surface area contributed by atoms with E-state index in [1.807, 2.05) is 12.1 Å². The molecular formula is C11H8ClN3O2. The monoisotopic (exact) mass is 249 g/mol. The lowest BCUT2D eigenvalue weighted by molar-refractivity contribution is 0.0687. The second kappa shape index (κ2) is 3.24. The van der Waals surface area contributed by atoms with Crippen molar-refractivity contribution < 1.29 is 9.90 Å². The second-order valence-corrected chi connectivity index (χ2v) is 4.18. The average molecular weight is 250 g/mol. The molecule has 0 aliphatic heterocycles. The molecule has 17 heavy (non-hydrogen) atoms. The number of aromatic carboxylic acids is 1. The first kappa shape index (κ1) is 10.2. The molecule has 3 rings (SSSR count). The van der Waals surface area contributed by atoms with E-state index in [1.54, 1.807) is 23.7 Å². The summed E-state index contributed by atoms with van der Waals surface area (Å²) in [4.78, 5) is 15.4. The molecule has 0 amide bonds. The number of imidazole rings is 2. The number of benzene rings is 1. The fraction of sp³-hybridized carbons (Fsp3) is 0.0909. The number of hydrogen-bond acceptors (Lipinski definition) is 2. The van der Waals surface area contributed by atoms with Crippen molar-refractivity contribution in [3.8, 4) is 0 Å². The normalized spacial score (nSPS) is 11.4. The molecule has 5 nitrogen and oxygen atoms in total. The molecule has 0 saturated carbocycles. The number of halogens is 1. The fourth-order valence-electron chi connectivity index (χ4n) is 1.95. The summed E-state index contributed by atoms with van der Waals surface area (Å²) in [6.45, 7) is 0. The van der Waals surface area contributed by atoms with Gasteiger partial charge in [0.1, 0.15) is 11.2 Å². The first-order valence-corrected chi connectivity index (χ1v) is 5.32. The van der Waals surface area contributed by atoms with Gasteiger partial charge in [0.15, 0.2) is 0 Å². The molecule has 0 radical (unpaired) electrons. The number of fused-ring (bicyclic) bond motifs is 3. The van der Waals surface area contributed by atoms with Crippen LogP contribution in [0.1, 0.15) is 10.5 Å². The summed E-state index contributed by atoms with van der Waals surface area (Å²) >= 11 is 6.04. The molecule has 0 atom stereocenters. The summed E-state index contributed by atoms with van der Waals surface area (Å²) in [5, 5.41) is 9.58. The topological polar surface area (TPSA) is 59.5 Å². The Morgan fingerprint density at radius 3 is 2.94 bits per heavy atom. The van der Waals surface area contributed by atoms with Crippen LogP contribution in [0.4, 0.5) is 0 Å². The third kappa shape index (κ3) is 1.26. The highest BCUT2D eigenvalue weighted by atomic mass is 35.5. The lowest BCUT2D eigenvalue weighted by atomic mass is 10.3. The molecule has 3 aromatic rings. The summed E-state index contributed by atoms with van der Waals surface area (Å²) in [6.07, 6.45) is 1.54. The molecule has 1 N–H and O–H groups in total. The third-order valence-corrected chi connectivity index (χ3v) is 3.09. The van der Waals surface area contributed by atoms with Gasteiger partial charge in [-0.25, -0.2) is 9.78 Å². The third-order valence-electron chi connectivity index (χ3n) is 2.78. The zero-order valence-corrected chi connectivity index (χ0v) is 9.64. The Morgan fingerprint density at radius 1 is 1.47 bits per heavy atom. The Labute approximate surface area is 101 Å². The predicted molar refractivity (Wildman–Crippen MR) is 63.6 cm³/mol. The van der Waals surface area contributed by atoms with Crippen LogP contribution in [-0.4, -0.2) is 25.0 Å². The summed E-state index contributed by atoms with van der Waals surface area (Å²) < 4.78 is 3.25. The number of hydrogen-bond donors (Lipinski definition) is 1. The molecular weight excluding hydrogens is 242 g/mol. The van der Waals surface area contributed by atoms with E-state index < -0.39 is 5.97 Å². The van der Waals surface area contributed by atoms with Gasteiger partial charge in [-0.05, 0) is 12.1 Å². The zero-order valence-electron chi connectivity index (χ0n) is 8.88. The van der Waals surface area contributed by atoms with Crippen LogP contribution >= 0.6 is 11.6 Å². The Balaban J connectivity index is 2.49. The number of aryl methyl sites for hydroxylation is 1. The molecule has 86 valence electrons. The number of carboxylic acids is 1. The number of para-hydroxylation sites is 1. The molecule has 2 heterocycles. The molecule has 0 saturated heterocycles. The Kier molecular flexibility index (Phi) is 1.94. The van der Waals surface area contributed by atoms with Gasteiger partial charge in [0.25, 0.3) is 0 Å². The first-order chi connectivity index (χ1) is 8.09. The van der Waals surface area contributed by atoms with Gasteiger partial charge in [-0.15, -0.1) is 0 Å². The molecule has 1 aromatic carbocycles. The molecule has 0 unspecified atom stereocenters. The van der Waals surface area contributed by atoms with E-state index in [0.29, 0.717) is 16.3 Å². The number of aromatic nitrogens is 3. The van der Waals surface area contributed by atoms with E-state index in [0.717, 1.165) is 5.52 Å². The number of carbonyl (C=O) groups is 1. The maximum Gasteiger partial charge on any atom is 0.354 e. The van der Waals surface area contributed by atoms with Crippen LogP contribution in [0.15, 0.2) is 24.4 Å². The maximum absolute atomic E-state index is 11.0. The van der Waals surface area contributed by atoms with Crippen LogP contribution in [0.25, 0.3) is 16.8 Å². The van der Waals surface area contributed by atoms with Crippen molar-refractivity contribution >= 4 is 34.4 Å². The van der Waals surface area contributed by atoms with Gasteiger partial charge in [0.05, 0.1) is 10.5 Å². The quantitative estimate of drug-likeness (QED) is 0.719. The van der Waals surface area contributed by atoms with E-state index >= 15 is 0 Å². The van der Waals surface area contributed by atoms with Gasteiger partial charge in [-0.2, -0.15) is 0 Å². The predicted octanol–water partition coefficient (Wildman–Crippen LogP) is 2.18. The summed E-state index contributed by atoms with van der Waals surface area (Å²) in [5.74, 6) is -0.418. The first-order valence-electron chi connectivity index (χ1n) is 4.95. The largest absolute Gasteiger partial charge is 0.477 e. The lowest BCUT2D eigenvalue weighted by Crippen LogP contribution is -2.03. The van der Waals surface area contributed by atoms with Crippen LogP contribution in [-0.2, 0) is 7.05 Å². The van der Waals surface area contributed by atoms with Crippen molar-refractivity contribution in [2.45, 2.75) is 0 Å². The summed E-state index contributed by atoms with van der Waals surface area (Å²) in [6, 6.07) is 5.42. The highest BCUT2D eigenvalue weighted by Crippen LogP contribution is 2.24. The summed E-state index contributed by atoms with van der Waals surface area (Å²) in [7, 11) is 1.67. The van der Waals surface area contributed by atoms with Crippen LogP contribution in [0, 0.1) is 0 Å². The number of carboxylic acid groups (broad SMARTS) is 1. The van der Waals surface area contributed by atoms with E-state index in [-0.39, 0.29) is 5.69 Å². The second-order valence-electron chi connectivity index (χ2n) is 3.77. The van der Waals surface area contributed by atoms with E-state index in [2.05, 4.69) is 4.98 Å². The van der Waals surface area contributed by atoms with E-state index in [1.165, 1.54) is 4.57 Å². The van der Waals surface area contributed by atoms with Gasteiger partial charge in [0, 0.05) is 13.2 Å². The van der Waals surface area contributed by atoms with Crippen molar-refractivity contribution in [2.75, 3.05) is 0 Å². The van der Waals surface area contributed by atoms with Gasteiger partial charge >= 0.3 is 5.97 Å².